The van der Waals surface area contributed by atoms with Gasteiger partial charge in [-0.15, -0.1) is 0 Å². The second-order valence-corrected chi connectivity index (χ2v) is 4.14. The van der Waals surface area contributed by atoms with Gasteiger partial charge in [-0.3, -0.25) is 4.79 Å². The van der Waals surface area contributed by atoms with Crippen molar-refractivity contribution in [1.82, 2.24) is 9.97 Å². The maximum atomic E-state index is 11.9. The molecule has 0 aliphatic rings. The van der Waals surface area contributed by atoms with Crippen molar-refractivity contribution in [2.45, 2.75) is 0 Å². The van der Waals surface area contributed by atoms with Crippen molar-refractivity contribution in [3.8, 4) is 0 Å². The number of primary amides is 1. The number of nitrogens with zero attached hydrogens (tertiary/aromatic N) is 2. The number of rotatable bonds is 3. The van der Waals surface area contributed by atoms with Gasteiger partial charge in [0.15, 0.2) is 0 Å². The first-order valence-electron chi connectivity index (χ1n) is 5.50. The van der Waals surface area contributed by atoms with Crippen molar-refractivity contribution in [3.05, 3.63) is 47.5 Å². The number of carbonyl (C=O) groups excluding carboxylic acids is 2. The van der Waals surface area contributed by atoms with Crippen LogP contribution in [0.25, 0.3) is 0 Å². The Hall–Kier alpha value is -2.67. The maximum Gasteiger partial charge on any atom is 0.316 e. The van der Waals surface area contributed by atoms with Crippen LogP contribution >= 0.6 is 11.6 Å². The Morgan fingerprint density at radius 3 is 2.40 bits per heavy atom. The summed E-state index contributed by atoms with van der Waals surface area (Å²) in [6.45, 7) is 0. The summed E-state index contributed by atoms with van der Waals surface area (Å²) < 4.78 is 0. The average Bonchev–Trinajstić information content (AvgIpc) is 2.39. The van der Waals surface area contributed by atoms with E-state index in [1.54, 1.807) is 24.3 Å². The van der Waals surface area contributed by atoms with Crippen molar-refractivity contribution in [2.75, 3.05) is 10.6 Å². The van der Waals surface area contributed by atoms with Crippen LogP contribution in [0.2, 0.25) is 5.15 Å². The first-order chi connectivity index (χ1) is 9.54. The van der Waals surface area contributed by atoms with E-state index in [9.17, 15) is 9.59 Å². The number of urea groups is 1. The van der Waals surface area contributed by atoms with E-state index in [1.165, 1.54) is 12.4 Å². The zero-order chi connectivity index (χ0) is 14.5. The average molecular weight is 292 g/mol. The molecule has 0 atom stereocenters. The molecule has 4 N–H and O–H groups in total. The largest absolute Gasteiger partial charge is 0.351 e. The lowest BCUT2D eigenvalue weighted by atomic mass is 10.2. The lowest BCUT2D eigenvalue weighted by Crippen LogP contribution is -2.19. The fraction of sp³-hybridized carbons (Fsp3) is 0. The molecule has 7 nitrogen and oxygen atoms in total. The smallest absolute Gasteiger partial charge is 0.316 e. The SMILES string of the molecule is NC(=O)Nc1cccc(NC(=O)c2cnc(Cl)cn2)c1. The van der Waals surface area contributed by atoms with Crippen molar-refractivity contribution < 1.29 is 9.59 Å². The van der Waals surface area contributed by atoms with Crippen LogP contribution < -0.4 is 16.4 Å². The molecule has 0 unspecified atom stereocenters. The van der Waals surface area contributed by atoms with Crippen LogP contribution in [-0.2, 0) is 0 Å². The second kappa shape index (κ2) is 5.98. The summed E-state index contributed by atoms with van der Waals surface area (Å²) in [6.07, 6.45) is 2.55. The van der Waals surface area contributed by atoms with Gasteiger partial charge in [-0.25, -0.2) is 14.8 Å². The Bertz CT molecular complexity index is 645. The molecule has 0 aliphatic heterocycles. The minimum Gasteiger partial charge on any atom is -0.351 e. The molecule has 0 fully saturated rings. The minimum absolute atomic E-state index is 0.127. The van der Waals surface area contributed by atoms with E-state index < -0.39 is 11.9 Å². The number of hydrogen-bond acceptors (Lipinski definition) is 4. The van der Waals surface area contributed by atoms with Gasteiger partial charge >= 0.3 is 6.03 Å². The Labute approximate surface area is 119 Å². The van der Waals surface area contributed by atoms with E-state index in [0.29, 0.717) is 11.4 Å². The van der Waals surface area contributed by atoms with Gasteiger partial charge in [-0.1, -0.05) is 17.7 Å². The molecule has 1 aromatic carbocycles. The summed E-state index contributed by atoms with van der Waals surface area (Å²) in [6, 6.07) is 5.84. The van der Waals surface area contributed by atoms with E-state index in [4.69, 9.17) is 17.3 Å². The van der Waals surface area contributed by atoms with Crippen LogP contribution in [0.15, 0.2) is 36.7 Å². The van der Waals surface area contributed by atoms with Crippen molar-refractivity contribution >= 4 is 34.9 Å². The van der Waals surface area contributed by atoms with Crippen LogP contribution in [0, 0.1) is 0 Å². The molecule has 8 heteroatoms. The molecule has 1 heterocycles. The predicted octanol–water partition coefficient (Wildman–Crippen LogP) is 1.87. The van der Waals surface area contributed by atoms with Crippen LogP contribution in [0.1, 0.15) is 10.5 Å². The van der Waals surface area contributed by atoms with Crippen LogP contribution in [0.3, 0.4) is 0 Å². The first-order valence-corrected chi connectivity index (χ1v) is 5.88. The third kappa shape index (κ3) is 3.66. The van der Waals surface area contributed by atoms with Gasteiger partial charge in [0.1, 0.15) is 10.8 Å². The standard InChI is InChI=1S/C12H10ClN5O2/c13-10-6-15-9(5-16-10)11(19)17-7-2-1-3-8(4-7)18-12(14)20/h1-6H,(H,17,19)(H3,14,18,20). The molecule has 0 saturated heterocycles. The summed E-state index contributed by atoms with van der Waals surface area (Å²) in [5, 5.41) is 5.23. The molecule has 102 valence electrons. The van der Waals surface area contributed by atoms with Crippen molar-refractivity contribution in [2.24, 2.45) is 5.73 Å². The fourth-order valence-corrected chi connectivity index (χ4v) is 1.54. The number of nitrogens with two attached hydrogens (primary N) is 1. The molecule has 0 bridgehead atoms. The van der Waals surface area contributed by atoms with E-state index in [-0.39, 0.29) is 10.8 Å². The highest BCUT2D eigenvalue weighted by Gasteiger charge is 2.08. The van der Waals surface area contributed by atoms with Crippen LogP contribution in [0.4, 0.5) is 16.2 Å². The van der Waals surface area contributed by atoms with Gasteiger partial charge in [0, 0.05) is 11.4 Å². The Morgan fingerprint density at radius 2 is 1.80 bits per heavy atom. The monoisotopic (exact) mass is 291 g/mol. The number of hydrogen-bond donors (Lipinski definition) is 3. The van der Waals surface area contributed by atoms with E-state index in [2.05, 4.69) is 20.6 Å². The minimum atomic E-state index is -0.683. The maximum absolute atomic E-state index is 11.9. The van der Waals surface area contributed by atoms with E-state index in [0.717, 1.165) is 0 Å². The third-order valence-corrected chi connectivity index (χ3v) is 2.44. The van der Waals surface area contributed by atoms with Crippen LogP contribution in [0.5, 0.6) is 0 Å². The summed E-state index contributed by atoms with van der Waals surface area (Å²) in [5.41, 5.74) is 6.09. The van der Waals surface area contributed by atoms with Crippen molar-refractivity contribution in [3.63, 3.8) is 0 Å². The molecule has 0 spiro atoms. The lowest BCUT2D eigenvalue weighted by Gasteiger charge is -2.07. The Morgan fingerprint density at radius 1 is 1.10 bits per heavy atom. The number of anilines is 2. The molecule has 0 saturated carbocycles. The Kier molecular flexibility index (Phi) is 4.11. The first kappa shape index (κ1) is 13.8. The third-order valence-electron chi connectivity index (χ3n) is 2.24. The Balaban J connectivity index is 2.11. The number of aromatic nitrogens is 2. The highest BCUT2D eigenvalue weighted by atomic mass is 35.5. The molecular formula is C12H10ClN5O2. The zero-order valence-corrected chi connectivity index (χ0v) is 10.9. The number of carbonyl (C=O) groups is 2. The molecule has 0 aliphatic carbocycles. The summed E-state index contributed by atoms with van der Waals surface area (Å²) >= 11 is 5.59. The van der Waals surface area contributed by atoms with Crippen LogP contribution in [-0.4, -0.2) is 21.9 Å². The molecule has 2 rings (SSSR count). The number of amides is 3. The number of halogens is 1. The topological polar surface area (TPSA) is 110 Å². The quantitative estimate of drug-likeness (QED) is 0.801. The molecule has 1 aromatic heterocycles. The van der Waals surface area contributed by atoms with Crippen molar-refractivity contribution in [1.29, 1.82) is 0 Å². The molecular weight excluding hydrogens is 282 g/mol. The summed E-state index contributed by atoms with van der Waals surface area (Å²) in [7, 11) is 0. The van der Waals surface area contributed by atoms with Gasteiger partial charge < -0.3 is 16.4 Å². The summed E-state index contributed by atoms with van der Waals surface area (Å²) in [4.78, 5) is 30.3. The number of benzene rings is 1. The normalized spacial score (nSPS) is 9.85. The van der Waals surface area contributed by atoms with Gasteiger partial charge in [0.25, 0.3) is 5.91 Å². The van der Waals surface area contributed by atoms with E-state index >= 15 is 0 Å². The van der Waals surface area contributed by atoms with E-state index in [1.807, 2.05) is 0 Å². The predicted molar refractivity (Wildman–Crippen MR) is 74.6 cm³/mol. The molecule has 20 heavy (non-hydrogen) atoms. The number of nitrogens with one attached hydrogen (secondary N) is 2. The molecule has 3 amide bonds. The zero-order valence-electron chi connectivity index (χ0n) is 10.1. The molecule has 0 radical (unpaired) electrons. The highest BCUT2D eigenvalue weighted by molar-refractivity contribution is 6.29. The second-order valence-electron chi connectivity index (χ2n) is 3.75. The highest BCUT2D eigenvalue weighted by Crippen LogP contribution is 2.15. The molecule has 2 aromatic rings. The summed E-state index contributed by atoms with van der Waals surface area (Å²) in [5.74, 6) is -0.439. The van der Waals surface area contributed by atoms with Gasteiger partial charge in [-0.05, 0) is 18.2 Å². The fourth-order valence-electron chi connectivity index (χ4n) is 1.44. The van der Waals surface area contributed by atoms with Gasteiger partial charge in [0.05, 0.1) is 12.4 Å². The van der Waals surface area contributed by atoms with Gasteiger partial charge in [0.2, 0.25) is 0 Å². The van der Waals surface area contributed by atoms with Gasteiger partial charge in [-0.2, -0.15) is 0 Å². The lowest BCUT2D eigenvalue weighted by molar-refractivity contribution is 0.102.